The molecule has 0 aromatic heterocycles. The third-order valence-corrected chi connectivity index (χ3v) is 4.09. The van der Waals surface area contributed by atoms with Crippen LogP contribution in [0.5, 0.6) is 0 Å². The van der Waals surface area contributed by atoms with Crippen molar-refractivity contribution in [1.29, 1.82) is 0 Å². The molecule has 112 valence electrons. The first kappa shape index (κ1) is 15.2. The maximum Gasteiger partial charge on any atom is 0.149 e. The molecule has 0 saturated carbocycles. The number of nitrogens with one attached hydrogen (secondary N) is 1. The summed E-state index contributed by atoms with van der Waals surface area (Å²) in [6.07, 6.45) is 0. The third kappa shape index (κ3) is 2.94. The molecule has 3 nitrogen and oxygen atoms in total. The molecule has 1 aromatic rings. The second-order valence-electron chi connectivity index (χ2n) is 6.09. The summed E-state index contributed by atoms with van der Waals surface area (Å²) in [5.74, 6) is -0.953. The number of halogens is 2. The van der Waals surface area contributed by atoms with Gasteiger partial charge in [-0.1, -0.05) is 0 Å². The van der Waals surface area contributed by atoms with Gasteiger partial charge in [-0.3, -0.25) is 4.90 Å². The molecule has 0 radical (unpaired) electrons. The first-order chi connectivity index (χ1) is 9.35. The second-order valence-corrected chi connectivity index (χ2v) is 6.09. The van der Waals surface area contributed by atoms with Gasteiger partial charge in [-0.15, -0.1) is 0 Å². The fourth-order valence-corrected chi connectivity index (χ4v) is 2.66. The molecule has 1 aliphatic rings. The van der Waals surface area contributed by atoms with E-state index < -0.39 is 11.6 Å². The Labute approximate surface area is 119 Å². The van der Waals surface area contributed by atoms with Crippen LogP contribution in [0, 0.1) is 11.6 Å². The van der Waals surface area contributed by atoms with Gasteiger partial charge in [0.05, 0.1) is 0 Å². The molecule has 1 N–H and O–H groups in total. The fourth-order valence-electron chi connectivity index (χ4n) is 2.66. The van der Waals surface area contributed by atoms with Crippen LogP contribution in [0.15, 0.2) is 12.1 Å². The van der Waals surface area contributed by atoms with Gasteiger partial charge in [0.25, 0.3) is 0 Å². The molecule has 5 heteroatoms. The van der Waals surface area contributed by atoms with Gasteiger partial charge in [0, 0.05) is 31.7 Å². The predicted octanol–water partition coefficient (Wildman–Crippen LogP) is 2.21. The maximum absolute atomic E-state index is 14.2. The highest BCUT2D eigenvalue weighted by atomic mass is 19.1. The highest BCUT2D eigenvalue weighted by Crippen LogP contribution is 2.29. The van der Waals surface area contributed by atoms with Gasteiger partial charge in [0.1, 0.15) is 17.3 Å². The van der Waals surface area contributed by atoms with E-state index in [-0.39, 0.29) is 11.2 Å². The Morgan fingerprint density at radius 1 is 1.20 bits per heavy atom. The number of likely N-dealkylation sites (N-methyl/N-ethyl adjacent to an activating group) is 1. The van der Waals surface area contributed by atoms with Crippen molar-refractivity contribution in [3.05, 3.63) is 29.3 Å². The molecule has 2 rings (SSSR count). The molecule has 0 aliphatic carbocycles. The zero-order valence-corrected chi connectivity index (χ0v) is 12.6. The molecule has 1 heterocycles. The van der Waals surface area contributed by atoms with Crippen molar-refractivity contribution in [3.63, 3.8) is 0 Å². The topological polar surface area (TPSA) is 18.5 Å². The molecule has 0 amide bonds. The molecule has 1 aliphatic heterocycles. The molecule has 0 atom stereocenters. The minimum Gasteiger partial charge on any atom is -0.364 e. The molecular formula is C15H23F2N3. The summed E-state index contributed by atoms with van der Waals surface area (Å²) < 4.78 is 28.5. The van der Waals surface area contributed by atoms with Gasteiger partial charge in [0.15, 0.2) is 0 Å². The maximum atomic E-state index is 14.2. The Morgan fingerprint density at radius 2 is 1.80 bits per heavy atom. The number of nitrogens with zero attached hydrogens (tertiary/aromatic N) is 2. The Kier molecular flexibility index (Phi) is 4.30. The van der Waals surface area contributed by atoms with E-state index in [4.69, 9.17) is 0 Å². The zero-order valence-electron chi connectivity index (χ0n) is 12.6. The molecule has 1 saturated heterocycles. The van der Waals surface area contributed by atoms with Gasteiger partial charge in [-0.25, -0.2) is 8.78 Å². The van der Waals surface area contributed by atoms with Crippen molar-refractivity contribution in [1.82, 2.24) is 10.2 Å². The Morgan fingerprint density at radius 3 is 2.30 bits per heavy atom. The molecule has 0 spiro atoms. The summed E-state index contributed by atoms with van der Waals surface area (Å²) in [6.45, 7) is 6.68. The minimum atomic E-state index is -0.476. The van der Waals surface area contributed by atoms with E-state index in [1.807, 2.05) is 11.9 Å². The van der Waals surface area contributed by atoms with E-state index in [2.05, 4.69) is 24.1 Å². The van der Waals surface area contributed by atoms with E-state index in [1.165, 1.54) is 12.1 Å². The molecule has 1 fully saturated rings. The van der Waals surface area contributed by atoms with Gasteiger partial charge in [0.2, 0.25) is 0 Å². The fraction of sp³-hybridized carbons (Fsp3) is 0.600. The second kappa shape index (κ2) is 5.66. The van der Waals surface area contributed by atoms with E-state index in [0.717, 1.165) is 6.54 Å². The zero-order chi connectivity index (χ0) is 14.9. The normalized spacial score (nSPS) is 19.4. The summed E-state index contributed by atoms with van der Waals surface area (Å²) in [7, 11) is 3.80. The van der Waals surface area contributed by atoms with Crippen LogP contribution in [0.2, 0.25) is 0 Å². The molecule has 0 unspecified atom stereocenters. The monoisotopic (exact) mass is 283 g/mol. The van der Waals surface area contributed by atoms with Gasteiger partial charge < -0.3 is 10.2 Å². The van der Waals surface area contributed by atoms with E-state index >= 15 is 0 Å². The van der Waals surface area contributed by atoms with E-state index in [9.17, 15) is 8.78 Å². The van der Waals surface area contributed by atoms with Crippen LogP contribution >= 0.6 is 0 Å². The molecule has 20 heavy (non-hydrogen) atoms. The van der Waals surface area contributed by atoms with Crippen LogP contribution in [0.4, 0.5) is 14.5 Å². The quantitative estimate of drug-likeness (QED) is 0.917. The lowest BCUT2D eigenvalue weighted by molar-refractivity contribution is 0.138. The van der Waals surface area contributed by atoms with E-state index in [0.29, 0.717) is 25.2 Å². The molecule has 1 aromatic carbocycles. The van der Waals surface area contributed by atoms with Crippen LogP contribution in [0.3, 0.4) is 0 Å². The summed E-state index contributed by atoms with van der Waals surface area (Å²) >= 11 is 0. The highest BCUT2D eigenvalue weighted by Gasteiger charge is 2.33. The average Bonchev–Trinajstić information content (AvgIpc) is 2.33. The number of anilines is 1. The lowest BCUT2D eigenvalue weighted by atomic mass is 9.99. The van der Waals surface area contributed by atoms with Crippen LogP contribution in [-0.4, -0.2) is 44.2 Å². The summed E-state index contributed by atoms with van der Waals surface area (Å²) in [6, 6.07) is 2.83. The minimum absolute atomic E-state index is 0.0965. The Balaban J connectivity index is 2.29. The molecule has 0 bridgehead atoms. The smallest absolute Gasteiger partial charge is 0.149 e. The van der Waals surface area contributed by atoms with E-state index in [1.54, 1.807) is 7.05 Å². The first-order valence-corrected chi connectivity index (χ1v) is 6.94. The van der Waals surface area contributed by atoms with Crippen LogP contribution < -0.4 is 10.2 Å². The average molecular weight is 283 g/mol. The number of piperazine rings is 1. The van der Waals surface area contributed by atoms with Crippen molar-refractivity contribution in [3.8, 4) is 0 Å². The standard InChI is InChI=1S/C15H23F2N3/c1-15(2)10-20(6-5-19(15)4)14-12(16)7-11(9-18-3)8-13(14)17/h7-8,18H,5-6,9-10H2,1-4H3. The summed E-state index contributed by atoms with van der Waals surface area (Å²) in [5, 5.41) is 2.90. The summed E-state index contributed by atoms with van der Waals surface area (Å²) in [4.78, 5) is 4.03. The lowest BCUT2D eigenvalue weighted by Gasteiger charge is -2.46. The van der Waals surface area contributed by atoms with Crippen LogP contribution in [0.25, 0.3) is 0 Å². The molecular weight excluding hydrogens is 260 g/mol. The lowest BCUT2D eigenvalue weighted by Crippen LogP contribution is -2.58. The third-order valence-electron chi connectivity index (χ3n) is 4.09. The Hall–Kier alpha value is -1.20. The van der Waals surface area contributed by atoms with Crippen LogP contribution in [-0.2, 0) is 6.54 Å². The number of rotatable bonds is 3. The number of benzene rings is 1. The Bertz CT molecular complexity index is 465. The predicted molar refractivity (Wildman–Crippen MR) is 78.0 cm³/mol. The van der Waals surface area contributed by atoms with Crippen molar-refractivity contribution in [2.75, 3.05) is 38.6 Å². The SMILES string of the molecule is CNCc1cc(F)c(N2CCN(C)C(C)(C)C2)c(F)c1. The van der Waals surface area contributed by atoms with Crippen molar-refractivity contribution >= 4 is 5.69 Å². The van der Waals surface area contributed by atoms with Crippen LogP contribution in [0.1, 0.15) is 19.4 Å². The van der Waals surface area contributed by atoms with Crippen molar-refractivity contribution < 1.29 is 8.78 Å². The first-order valence-electron chi connectivity index (χ1n) is 6.94. The highest BCUT2D eigenvalue weighted by molar-refractivity contribution is 5.51. The van der Waals surface area contributed by atoms with Crippen molar-refractivity contribution in [2.24, 2.45) is 0 Å². The summed E-state index contributed by atoms with van der Waals surface area (Å²) in [5.41, 5.74) is 0.631. The van der Waals surface area contributed by atoms with Gasteiger partial charge in [-0.05, 0) is 45.6 Å². The van der Waals surface area contributed by atoms with Gasteiger partial charge >= 0.3 is 0 Å². The van der Waals surface area contributed by atoms with Crippen molar-refractivity contribution in [2.45, 2.75) is 25.9 Å². The largest absolute Gasteiger partial charge is 0.364 e. The van der Waals surface area contributed by atoms with Gasteiger partial charge in [-0.2, -0.15) is 0 Å². The number of hydrogen-bond donors (Lipinski definition) is 1. The number of hydrogen-bond acceptors (Lipinski definition) is 3.